The molecule has 2 heteroatoms. The summed E-state index contributed by atoms with van der Waals surface area (Å²) in [6.45, 7) is 4.36. The van der Waals surface area contributed by atoms with Gasteiger partial charge in [-0.15, -0.1) is 0 Å². The van der Waals surface area contributed by atoms with Gasteiger partial charge in [-0.25, -0.2) is 4.39 Å². The standard InChI is InChI=1S/C18H30FN/c1-2-3-4-5-6-7-8-9-15-20-16-14-17-10-12-18(19)13-11-17/h10-13,20H,2-9,14-16H2,1H3. The van der Waals surface area contributed by atoms with Crippen molar-refractivity contribution >= 4 is 0 Å². The summed E-state index contributed by atoms with van der Waals surface area (Å²) >= 11 is 0. The Morgan fingerprint density at radius 3 is 2.05 bits per heavy atom. The fourth-order valence-corrected chi connectivity index (χ4v) is 2.39. The third-order valence-electron chi connectivity index (χ3n) is 3.71. The van der Waals surface area contributed by atoms with Gasteiger partial charge in [0.1, 0.15) is 5.82 Å². The second kappa shape index (κ2) is 11.9. The normalized spacial score (nSPS) is 10.9. The van der Waals surface area contributed by atoms with E-state index in [4.69, 9.17) is 0 Å². The summed E-state index contributed by atoms with van der Waals surface area (Å²) in [5.41, 5.74) is 1.20. The molecule has 20 heavy (non-hydrogen) atoms. The Kier molecular flexibility index (Phi) is 10.2. The number of unbranched alkanes of at least 4 members (excludes halogenated alkanes) is 7. The molecule has 0 fully saturated rings. The van der Waals surface area contributed by atoms with Crippen LogP contribution in [0.1, 0.15) is 63.9 Å². The van der Waals surface area contributed by atoms with Crippen LogP contribution in [0.5, 0.6) is 0 Å². The Morgan fingerprint density at radius 1 is 0.800 bits per heavy atom. The molecule has 0 unspecified atom stereocenters. The minimum absolute atomic E-state index is 0.152. The van der Waals surface area contributed by atoms with E-state index in [1.165, 1.54) is 69.1 Å². The van der Waals surface area contributed by atoms with Crippen LogP contribution in [0.4, 0.5) is 4.39 Å². The lowest BCUT2D eigenvalue weighted by Gasteiger charge is -2.05. The number of hydrogen-bond donors (Lipinski definition) is 1. The average Bonchev–Trinajstić information content (AvgIpc) is 2.47. The molecule has 0 aliphatic carbocycles. The topological polar surface area (TPSA) is 12.0 Å². The quantitative estimate of drug-likeness (QED) is 0.525. The molecule has 0 saturated carbocycles. The van der Waals surface area contributed by atoms with E-state index in [2.05, 4.69) is 12.2 Å². The number of hydrogen-bond acceptors (Lipinski definition) is 1. The Balaban J connectivity index is 1.84. The second-order valence-corrected chi connectivity index (χ2v) is 5.60. The van der Waals surface area contributed by atoms with Gasteiger partial charge >= 0.3 is 0 Å². The lowest BCUT2D eigenvalue weighted by Crippen LogP contribution is -2.18. The second-order valence-electron chi connectivity index (χ2n) is 5.60. The number of benzene rings is 1. The summed E-state index contributed by atoms with van der Waals surface area (Å²) in [6.07, 6.45) is 11.9. The predicted octanol–water partition coefficient (Wildman–Crippen LogP) is 5.10. The van der Waals surface area contributed by atoms with Crippen molar-refractivity contribution in [3.8, 4) is 0 Å². The van der Waals surface area contributed by atoms with Crippen molar-refractivity contribution in [1.29, 1.82) is 0 Å². The van der Waals surface area contributed by atoms with Crippen LogP contribution in [0.2, 0.25) is 0 Å². The van der Waals surface area contributed by atoms with Crippen LogP contribution in [0.3, 0.4) is 0 Å². The fourth-order valence-electron chi connectivity index (χ4n) is 2.39. The van der Waals surface area contributed by atoms with Gasteiger partial charge in [-0.05, 0) is 43.6 Å². The Morgan fingerprint density at radius 2 is 1.40 bits per heavy atom. The SMILES string of the molecule is CCCCCCCCCCNCCc1ccc(F)cc1. The van der Waals surface area contributed by atoms with Crippen molar-refractivity contribution in [3.63, 3.8) is 0 Å². The van der Waals surface area contributed by atoms with Crippen molar-refractivity contribution < 1.29 is 4.39 Å². The predicted molar refractivity (Wildman–Crippen MR) is 85.6 cm³/mol. The zero-order valence-corrected chi connectivity index (χ0v) is 13.0. The smallest absolute Gasteiger partial charge is 0.123 e. The molecule has 0 aliphatic rings. The average molecular weight is 279 g/mol. The largest absolute Gasteiger partial charge is 0.316 e. The van der Waals surface area contributed by atoms with Crippen LogP contribution in [0.25, 0.3) is 0 Å². The molecule has 1 nitrogen and oxygen atoms in total. The summed E-state index contributed by atoms with van der Waals surface area (Å²) in [5.74, 6) is -0.152. The van der Waals surface area contributed by atoms with Gasteiger partial charge in [0.05, 0.1) is 0 Å². The van der Waals surface area contributed by atoms with Crippen LogP contribution in [0.15, 0.2) is 24.3 Å². The minimum Gasteiger partial charge on any atom is -0.316 e. The summed E-state index contributed by atoms with van der Waals surface area (Å²) in [5, 5.41) is 3.47. The van der Waals surface area contributed by atoms with Crippen molar-refractivity contribution in [2.75, 3.05) is 13.1 Å². The van der Waals surface area contributed by atoms with Crippen molar-refractivity contribution in [3.05, 3.63) is 35.6 Å². The van der Waals surface area contributed by atoms with Crippen molar-refractivity contribution in [2.24, 2.45) is 0 Å². The van der Waals surface area contributed by atoms with E-state index in [9.17, 15) is 4.39 Å². The lowest BCUT2D eigenvalue weighted by molar-refractivity contribution is 0.555. The molecule has 0 spiro atoms. The van der Waals surface area contributed by atoms with E-state index in [-0.39, 0.29) is 5.82 Å². The van der Waals surface area contributed by atoms with E-state index < -0.39 is 0 Å². The maximum absolute atomic E-state index is 12.7. The molecule has 114 valence electrons. The number of rotatable bonds is 12. The first-order valence-corrected chi connectivity index (χ1v) is 8.28. The third-order valence-corrected chi connectivity index (χ3v) is 3.71. The highest BCUT2D eigenvalue weighted by Gasteiger charge is 1.95. The van der Waals surface area contributed by atoms with Gasteiger partial charge in [-0.1, -0.05) is 64.0 Å². The van der Waals surface area contributed by atoms with Crippen LogP contribution in [0, 0.1) is 5.82 Å². The molecule has 0 radical (unpaired) electrons. The molecule has 1 N–H and O–H groups in total. The van der Waals surface area contributed by atoms with Gasteiger partial charge in [-0.3, -0.25) is 0 Å². The molecule has 0 atom stereocenters. The van der Waals surface area contributed by atoms with Crippen LogP contribution >= 0.6 is 0 Å². The fraction of sp³-hybridized carbons (Fsp3) is 0.667. The first-order chi connectivity index (χ1) is 9.83. The highest BCUT2D eigenvalue weighted by molar-refractivity contribution is 5.16. The molecular weight excluding hydrogens is 249 g/mol. The Hall–Kier alpha value is -0.890. The first kappa shape index (κ1) is 17.2. The van der Waals surface area contributed by atoms with Gasteiger partial charge in [0.25, 0.3) is 0 Å². The summed E-state index contributed by atoms with van der Waals surface area (Å²) in [6, 6.07) is 6.81. The maximum atomic E-state index is 12.7. The van der Waals surface area contributed by atoms with Gasteiger partial charge in [0, 0.05) is 0 Å². The highest BCUT2D eigenvalue weighted by Crippen LogP contribution is 2.08. The molecule has 0 bridgehead atoms. The summed E-state index contributed by atoms with van der Waals surface area (Å²) < 4.78 is 12.7. The van der Waals surface area contributed by atoms with Crippen molar-refractivity contribution in [2.45, 2.75) is 64.7 Å². The molecular formula is C18H30FN. The zero-order chi connectivity index (χ0) is 14.5. The Labute approximate surface area is 124 Å². The van der Waals surface area contributed by atoms with Crippen molar-refractivity contribution in [1.82, 2.24) is 5.32 Å². The number of halogens is 1. The van der Waals surface area contributed by atoms with E-state index in [1.807, 2.05) is 12.1 Å². The Bertz CT molecular complexity index is 321. The van der Waals surface area contributed by atoms with Gasteiger partial charge in [0.2, 0.25) is 0 Å². The molecule has 0 amide bonds. The molecule has 1 aromatic rings. The maximum Gasteiger partial charge on any atom is 0.123 e. The molecule has 1 rings (SSSR count). The molecule has 0 heterocycles. The van der Waals surface area contributed by atoms with Gasteiger partial charge in [0.15, 0.2) is 0 Å². The monoisotopic (exact) mass is 279 g/mol. The number of nitrogens with one attached hydrogen (secondary N) is 1. The first-order valence-electron chi connectivity index (χ1n) is 8.28. The highest BCUT2D eigenvalue weighted by atomic mass is 19.1. The third kappa shape index (κ3) is 9.08. The van der Waals surface area contributed by atoms with Gasteiger partial charge < -0.3 is 5.32 Å². The molecule has 1 aromatic carbocycles. The zero-order valence-electron chi connectivity index (χ0n) is 13.0. The van der Waals surface area contributed by atoms with Crippen LogP contribution in [-0.4, -0.2) is 13.1 Å². The lowest BCUT2D eigenvalue weighted by atomic mass is 10.1. The molecule has 0 saturated heterocycles. The summed E-state index contributed by atoms with van der Waals surface area (Å²) in [7, 11) is 0. The molecule has 0 aromatic heterocycles. The minimum atomic E-state index is -0.152. The van der Waals surface area contributed by atoms with Crippen LogP contribution in [-0.2, 0) is 6.42 Å². The van der Waals surface area contributed by atoms with E-state index in [0.717, 1.165) is 19.5 Å². The summed E-state index contributed by atoms with van der Waals surface area (Å²) in [4.78, 5) is 0. The van der Waals surface area contributed by atoms with E-state index in [1.54, 1.807) is 0 Å². The van der Waals surface area contributed by atoms with Gasteiger partial charge in [-0.2, -0.15) is 0 Å². The van der Waals surface area contributed by atoms with E-state index in [0.29, 0.717) is 0 Å². The molecule has 0 aliphatic heterocycles. The van der Waals surface area contributed by atoms with E-state index >= 15 is 0 Å². The van der Waals surface area contributed by atoms with Crippen LogP contribution < -0.4 is 5.32 Å².